The highest BCUT2D eigenvalue weighted by molar-refractivity contribution is 5.98. The fourth-order valence-corrected chi connectivity index (χ4v) is 3.06. The lowest BCUT2D eigenvalue weighted by molar-refractivity contribution is -0.255. The van der Waals surface area contributed by atoms with E-state index in [0.717, 1.165) is 5.56 Å². The number of hydrogen-bond acceptors (Lipinski definition) is 4. The van der Waals surface area contributed by atoms with Gasteiger partial charge in [0.1, 0.15) is 0 Å². The predicted molar refractivity (Wildman–Crippen MR) is 93.8 cm³/mol. The van der Waals surface area contributed by atoms with Crippen LogP contribution in [0.2, 0.25) is 0 Å². The Kier molecular flexibility index (Phi) is 5.02. The summed E-state index contributed by atoms with van der Waals surface area (Å²) in [5.41, 5.74) is 1.89. The van der Waals surface area contributed by atoms with Gasteiger partial charge in [-0.05, 0) is 36.2 Å². The second-order valence-electron chi connectivity index (χ2n) is 6.27. The maximum absolute atomic E-state index is 12.6. The fourth-order valence-electron chi connectivity index (χ4n) is 3.06. The molecule has 134 valence electrons. The van der Waals surface area contributed by atoms with E-state index in [2.05, 4.69) is 0 Å². The molecule has 6 heteroatoms. The minimum absolute atomic E-state index is 0.0239. The Hall–Kier alpha value is -3.15. The molecule has 0 spiro atoms. The Morgan fingerprint density at radius 1 is 0.808 bits per heavy atom. The summed E-state index contributed by atoms with van der Waals surface area (Å²) in [6.07, 6.45) is 0. The lowest BCUT2D eigenvalue weighted by atomic mass is 10.1. The van der Waals surface area contributed by atoms with Gasteiger partial charge in [0.2, 0.25) is 0 Å². The number of amides is 2. The van der Waals surface area contributed by atoms with Crippen molar-refractivity contribution in [3.63, 3.8) is 0 Å². The van der Waals surface area contributed by atoms with Crippen LogP contribution < -0.4 is 5.11 Å². The van der Waals surface area contributed by atoms with Crippen molar-refractivity contribution in [1.29, 1.82) is 0 Å². The first-order valence-electron chi connectivity index (χ1n) is 8.43. The highest BCUT2D eigenvalue weighted by atomic mass is 16.4. The molecule has 26 heavy (non-hydrogen) atoms. The number of aromatic carboxylic acids is 1. The molecular weight excluding hydrogens is 332 g/mol. The fraction of sp³-hybridized carbons (Fsp3) is 0.250. The molecule has 2 amide bonds. The van der Waals surface area contributed by atoms with E-state index in [-0.39, 0.29) is 17.4 Å². The van der Waals surface area contributed by atoms with Gasteiger partial charge in [0, 0.05) is 37.3 Å². The molecule has 1 saturated heterocycles. The third-order valence-corrected chi connectivity index (χ3v) is 4.57. The average Bonchev–Trinajstić information content (AvgIpc) is 2.67. The molecule has 1 aliphatic rings. The summed E-state index contributed by atoms with van der Waals surface area (Å²) in [6.45, 7) is 3.60. The van der Waals surface area contributed by atoms with Crippen LogP contribution >= 0.6 is 0 Å². The highest BCUT2D eigenvalue weighted by Crippen LogP contribution is 2.15. The molecular formula is C20H19N2O4-. The maximum atomic E-state index is 12.6. The largest absolute Gasteiger partial charge is 0.545 e. The molecule has 0 bridgehead atoms. The van der Waals surface area contributed by atoms with Crippen molar-refractivity contribution >= 4 is 17.8 Å². The summed E-state index contributed by atoms with van der Waals surface area (Å²) >= 11 is 0. The Balaban J connectivity index is 1.66. The van der Waals surface area contributed by atoms with E-state index in [9.17, 15) is 19.5 Å². The van der Waals surface area contributed by atoms with Gasteiger partial charge in [-0.3, -0.25) is 9.59 Å². The quantitative estimate of drug-likeness (QED) is 0.825. The Bertz CT molecular complexity index is 854. The first-order valence-corrected chi connectivity index (χ1v) is 8.43. The monoisotopic (exact) mass is 351 g/mol. The lowest BCUT2D eigenvalue weighted by Gasteiger charge is -2.35. The minimum Gasteiger partial charge on any atom is -0.545 e. The number of carbonyl (C=O) groups is 3. The van der Waals surface area contributed by atoms with Gasteiger partial charge in [0.25, 0.3) is 11.8 Å². The van der Waals surface area contributed by atoms with E-state index in [0.29, 0.717) is 37.3 Å². The SMILES string of the molecule is Cc1ccccc1C(=O)N1CCN(C(=O)c2cccc(C(=O)[O-])c2)CC1. The smallest absolute Gasteiger partial charge is 0.254 e. The minimum atomic E-state index is -1.31. The number of hydrogen-bond donors (Lipinski definition) is 0. The third kappa shape index (κ3) is 3.59. The zero-order valence-corrected chi connectivity index (χ0v) is 14.5. The van der Waals surface area contributed by atoms with E-state index in [1.807, 2.05) is 25.1 Å². The summed E-state index contributed by atoms with van der Waals surface area (Å²) in [5.74, 6) is -1.58. The van der Waals surface area contributed by atoms with Crippen molar-refractivity contribution in [3.05, 3.63) is 70.8 Å². The normalized spacial score (nSPS) is 14.2. The summed E-state index contributed by atoms with van der Waals surface area (Å²) < 4.78 is 0. The van der Waals surface area contributed by atoms with Gasteiger partial charge >= 0.3 is 0 Å². The van der Waals surface area contributed by atoms with Crippen LogP contribution in [0.5, 0.6) is 0 Å². The van der Waals surface area contributed by atoms with E-state index in [1.165, 1.54) is 18.2 Å². The van der Waals surface area contributed by atoms with Crippen LogP contribution in [0.4, 0.5) is 0 Å². The Morgan fingerprint density at radius 3 is 2.00 bits per heavy atom. The second-order valence-corrected chi connectivity index (χ2v) is 6.27. The molecule has 2 aromatic carbocycles. The van der Waals surface area contributed by atoms with Gasteiger partial charge in [-0.15, -0.1) is 0 Å². The summed E-state index contributed by atoms with van der Waals surface area (Å²) in [4.78, 5) is 39.5. The van der Waals surface area contributed by atoms with Crippen LogP contribution in [0.15, 0.2) is 48.5 Å². The topological polar surface area (TPSA) is 80.8 Å². The number of carbonyl (C=O) groups excluding carboxylic acids is 3. The maximum Gasteiger partial charge on any atom is 0.254 e. The van der Waals surface area contributed by atoms with Crippen molar-refractivity contribution in [2.75, 3.05) is 26.2 Å². The average molecular weight is 351 g/mol. The zero-order valence-electron chi connectivity index (χ0n) is 14.5. The first kappa shape index (κ1) is 17.7. The molecule has 0 unspecified atom stereocenters. The summed E-state index contributed by atoms with van der Waals surface area (Å²) in [6, 6.07) is 13.3. The van der Waals surface area contributed by atoms with E-state index >= 15 is 0 Å². The van der Waals surface area contributed by atoms with Crippen molar-refractivity contribution < 1.29 is 19.5 Å². The molecule has 1 fully saturated rings. The Morgan fingerprint density at radius 2 is 1.38 bits per heavy atom. The van der Waals surface area contributed by atoms with Crippen molar-refractivity contribution in [3.8, 4) is 0 Å². The second kappa shape index (κ2) is 7.39. The predicted octanol–water partition coefficient (Wildman–Crippen LogP) is 0.957. The van der Waals surface area contributed by atoms with Crippen LogP contribution in [0.3, 0.4) is 0 Å². The highest BCUT2D eigenvalue weighted by Gasteiger charge is 2.26. The van der Waals surface area contributed by atoms with Crippen LogP contribution in [0, 0.1) is 6.92 Å². The molecule has 3 rings (SSSR count). The number of benzene rings is 2. The van der Waals surface area contributed by atoms with E-state index in [4.69, 9.17) is 0 Å². The number of nitrogens with zero attached hydrogens (tertiary/aromatic N) is 2. The number of piperazine rings is 1. The molecule has 0 saturated carbocycles. The van der Waals surface area contributed by atoms with Crippen molar-refractivity contribution in [1.82, 2.24) is 9.80 Å². The molecule has 0 radical (unpaired) electrons. The van der Waals surface area contributed by atoms with Crippen LogP contribution in [0.1, 0.15) is 36.6 Å². The van der Waals surface area contributed by atoms with Gasteiger partial charge in [-0.2, -0.15) is 0 Å². The first-order chi connectivity index (χ1) is 12.5. The summed E-state index contributed by atoms with van der Waals surface area (Å²) in [5, 5.41) is 11.0. The van der Waals surface area contributed by atoms with E-state index < -0.39 is 5.97 Å². The zero-order chi connectivity index (χ0) is 18.7. The molecule has 0 aliphatic carbocycles. The third-order valence-electron chi connectivity index (χ3n) is 4.57. The van der Waals surface area contributed by atoms with Gasteiger partial charge < -0.3 is 19.7 Å². The molecule has 6 nitrogen and oxygen atoms in total. The molecule has 2 aromatic rings. The summed E-state index contributed by atoms with van der Waals surface area (Å²) in [7, 11) is 0. The molecule has 0 N–H and O–H groups in total. The van der Waals surface area contributed by atoms with Crippen LogP contribution in [-0.2, 0) is 0 Å². The number of carboxylic acids is 1. The lowest BCUT2D eigenvalue weighted by Crippen LogP contribution is -2.50. The molecule has 1 heterocycles. The van der Waals surface area contributed by atoms with Crippen LogP contribution in [-0.4, -0.2) is 53.8 Å². The number of aryl methyl sites for hydroxylation is 1. The number of rotatable bonds is 3. The van der Waals surface area contributed by atoms with Crippen molar-refractivity contribution in [2.24, 2.45) is 0 Å². The molecule has 0 atom stereocenters. The van der Waals surface area contributed by atoms with Crippen LogP contribution in [0.25, 0.3) is 0 Å². The molecule has 1 aliphatic heterocycles. The van der Waals surface area contributed by atoms with Gasteiger partial charge in [0.05, 0.1) is 5.97 Å². The van der Waals surface area contributed by atoms with Gasteiger partial charge in [-0.25, -0.2) is 0 Å². The van der Waals surface area contributed by atoms with E-state index in [1.54, 1.807) is 21.9 Å². The van der Waals surface area contributed by atoms with Gasteiger partial charge in [-0.1, -0.05) is 30.3 Å². The Labute approximate surface area is 151 Å². The number of carboxylic acid groups (broad SMARTS) is 1. The van der Waals surface area contributed by atoms with Gasteiger partial charge in [0.15, 0.2) is 0 Å². The molecule has 0 aromatic heterocycles. The van der Waals surface area contributed by atoms with Crippen molar-refractivity contribution in [2.45, 2.75) is 6.92 Å². The standard InChI is InChI=1S/C20H20N2O4/c1-14-5-2-3-8-17(14)19(24)22-11-9-21(10-12-22)18(23)15-6-4-7-16(13-15)20(25)26/h2-8,13H,9-12H2,1H3,(H,25,26)/p-1.